The number of hydrogen-bond donors (Lipinski definition) is 0. The van der Waals surface area contributed by atoms with Gasteiger partial charge in [0.05, 0.1) is 5.56 Å². The van der Waals surface area contributed by atoms with Gasteiger partial charge in [0, 0.05) is 0 Å². The molecule has 0 heterocycles. The van der Waals surface area contributed by atoms with E-state index >= 15 is 0 Å². The quantitative estimate of drug-likeness (QED) is 0.811. The van der Waals surface area contributed by atoms with Crippen LogP contribution in [0.3, 0.4) is 0 Å². The van der Waals surface area contributed by atoms with Crippen molar-refractivity contribution in [3.63, 3.8) is 0 Å². The van der Waals surface area contributed by atoms with Crippen molar-refractivity contribution in [2.75, 3.05) is 0 Å². The highest BCUT2D eigenvalue weighted by molar-refractivity contribution is 5.55. The maximum absolute atomic E-state index is 9.13. The lowest BCUT2D eigenvalue weighted by Crippen LogP contribution is -1.92. The lowest BCUT2D eigenvalue weighted by Gasteiger charge is -2.09. The third-order valence-corrected chi connectivity index (χ3v) is 2.96. The zero-order chi connectivity index (χ0) is 13.8. The van der Waals surface area contributed by atoms with Gasteiger partial charge in [-0.2, -0.15) is 10.5 Å². The fourth-order valence-electron chi connectivity index (χ4n) is 1.73. The summed E-state index contributed by atoms with van der Waals surface area (Å²) in [6.45, 7) is 4.02. The summed E-state index contributed by atoms with van der Waals surface area (Å²) in [5, 5.41) is 18.1. The average molecular weight is 248 g/mol. The largest absolute Gasteiger partial charge is 0.456 e. The molecule has 0 bridgehead atoms. The second kappa shape index (κ2) is 5.25. The van der Waals surface area contributed by atoms with E-state index in [2.05, 4.69) is 0 Å². The molecule has 0 saturated heterocycles. The molecule has 0 spiro atoms. The van der Waals surface area contributed by atoms with Gasteiger partial charge in [0.25, 0.3) is 0 Å². The number of ether oxygens (including phenoxy) is 1. The van der Waals surface area contributed by atoms with Crippen LogP contribution in [0, 0.1) is 36.5 Å². The molecule has 2 rings (SSSR count). The van der Waals surface area contributed by atoms with Gasteiger partial charge in [-0.25, -0.2) is 0 Å². The van der Waals surface area contributed by atoms with Crippen LogP contribution in [0.1, 0.15) is 22.3 Å². The molecule has 92 valence electrons. The molecular weight excluding hydrogens is 236 g/mol. The summed E-state index contributed by atoms with van der Waals surface area (Å²) in [4.78, 5) is 0. The Morgan fingerprint density at radius 1 is 0.947 bits per heavy atom. The Morgan fingerprint density at radius 2 is 1.74 bits per heavy atom. The minimum Gasteiger partial charge on any atom is -0.456 e. The molecule has 2 aromatic carbocycles. The molecule has 0 saturated carbocycles. The molecular formula is C16H12N2O. The highest BCUT2D eigenvalue weighted by Crippen LogP contribution is 2.28. The van der Waals surface area contributed by atoms with Gasteiger partial charge in [0.15, 0.2) is 0 Å². The molecule has 0 aromatic heterocycles. The van der Waals surface area contributed by atoms with Crippen molar-refractivity contribution in [3.05, 3.63) is 58.7 Å². The van der Waals surface area contributed by atoms with Crippen molar-refractivity contribution in [1.29, 1.82) is 10.5 Å². The van der Waals surface area contributed by atoms with E-state index in [4.69, 9.17) is 15.3 Å². The first-order valence-corrected chi connectivity index (χ1v) is 5.84. The van der Waals surface area contributed by atoms with Crippen LogP contribution in [0.4, 0.5) is 0 Å². The summed E-state index contributed by atoms with van der Waals surface area (Å²) in [5.74, 6) is 1.07. The van der Waals surface area contributed by atoms with Crippen molar-refractivity contribution >= 4 is 0 Å². The van der Waals surface area contributed by atoms with Gasteiger partial charge < -0.3 is 4.74 Å². The molecule has 0 aliphatic rings. The number of aryl methyl sites for hydroxylation is 2. The Kier molecular flexibility index (Phi) is 3.50. The molecule has 2 aromatic rings. The van der Waals surface area contributed by atoms with Gasteiger partial charge >= 0.3 is 0 Å². The molecule has 19 heavy (non-hydrogen) atoms. The second-order valence-corrected chi connectivity index (χ2v) is 4.25. The van der Waals surface area contributed by atoms with Gasteiger partial charge in [-0.15, -0.1) is 0 Å². The normalized spacial score (nSPS) is 9.47. The van der Waals surface area contributed by atoms with E-state index < -0.39 is 0 Å². The smallest absolute Gasteiger partial charge is 0.146 e. The van der Waals surface area contributed by atoms with Gasteiger partial charge in [-0.05, 0) is 49.2 Å². The van der Waals surface area contributed by atoms with E-state index in [1.165, 1.54) is 5.56 Å². The second-order valence-electron chi connectivity index (χ2n) is 4.25. The van der Waals surface area contributed by atoms with Gasteiger partial charge in [0.1, 0.15) is 29.2 Å². The van der Waals surface area contributed by atoms with Crippen molar-refractivity contribution in [3.8, 4) is 23.6 Å². The van der Waals surface area contributed by atoms with Crippen molar-refractivity contribution in [2.45, 2.75) is 13.8 Å². The first kappa shape index (κ1) is 12.7. The molecule has 0 atom stereocenters. The lowest BCUT2D eigenvalue weighted by atomic mass is 10.1. The third-order valence-electron chi connectivity index (χ3n) is 2.96. The fourth-order valence-corrected chi connectivity index (χ4v) is 1.73. The van der Waals surface area contributed by atoms with Crippen LogP contribution in [0.5, 0.6) is 11.5 Å². The van der Waals surface area contributed by atoms with Crippen LogP contribution in [0.25, 0.3) is 0 Å². The van der Waals surface area contributed by atoms with E-state index in [0.29, 0.717) is 17.1 Å². The van der Waals surface area contributed by atoms with Crippen LogP contribution >= 0.6 is 0 Å². The molecule has 0 N–H and O–H groups in total. The summed E-state index contributed by atoms with van der Waals surface area (Å²) >= 11 is 0. The molecule has 0 unspecified atom stereocenters. The van der Waals surface area contributed by atoms with Crippen molar-refractivity contribution < 1.29 is 4.74 Å². The number of nitriles is 2. The zero-order valence-electron chi connectivity index (χ0n) is 10.8. The molecule has 0 fully saturated rings. The van der Waals surface area contributed by atoms with Crippen LogP contribution in [0.2, 0.25) is 0 Å². The maximum atomic E-state index is 9.13. The van der Waals surface area contributed by atoms with E-state index in [1.807, 2.05) is 44.2 Å². The SMILES string of the molecule is Cc1ccc(Oc2cccc(C#N)c2C#N)cc1C. The Balaban J connectivity index is 2.42. The number of rotatable bonds is 2. The molecule has 3 heteroatoms. The maximum Gasteiger partial charge on any atom is 0.146 e. The average Bonchev–Trinajstić information content (AvgIpc) is 2.42. The Labute approximate surface area is 112 Å². The van der Waals surface area contributed by atoms with Gasteiger partial charge in [-0.1, -0.05) is 12.1 Å². The predicted octanol–water partition coefficient (Wildman–Crippen LogP) is 3.84. The molecule has 0 amide bonds. The van der Waals surface area contributed by atoms with Crippen LogP contribution in [-0.2, 0) is 0 Å². The van der Waals surface area contributed by atoms with Crippen molar-refractivity contribution in [2.24, 2.45) is 0 Å². The highest BCUT2D eigenvalue weighted by atomic mass is 16.5. The lowest BCUT2D eigenvalue weighted by molar-refractivity contribution is 0.480. The van der Waals surface area contributed by atoms with Gasteiger partial charge in [0.2, 0.25) is 0 Å². The van der Waals surface area contributed by atoms with Gasteiger partial charge in [-0.3, -0.25) is 0 Å². The summed E-state index contributed by atoms with van der Waals surface area (Å²) < 4.78 is 5.71. The minimum atomic E-state index is 0.267. The molecule has 0 aliphatic heterocycles. The number of nitrogens with zero attached hydrogens (tertiary/aromatic N) is 2. The standard InChI is InChI=1S/C16H12N2O/c1-11-6-7-14(8-12(11)2)19-16-5-3-4-13(9-17)15(16)10-18/h3-8H,1-2H3. The molecule has 3 nitrogen and oxygen atoms in total. The van der Waals surface area contributed by atoms with E-state index in [-0.39, 0.29) is 5.56 Å². The first-order valence-electron chi connectivity index (χ1n) is 5.84. The highest BCUT2D eigenvalue weighted by Gasteiger charge is 2.09. The van der Waals surface area contributed by atoms with Crippen LogP contribution in [0.15, 0.2) is 36.4 Å². The van der Waals surface area contributed by atoms with Crippen molar-refractivity contribution in [1.82, 2.24) is 0 Å². The molecule has 0 radical (unpaired) electrons. The zero-order valence-corrected chi connectivity index (χ0v) is 10.8. The Hall–Kier alpha value is -2.78. The molecule has 0 aliphatic carbocycles. The minimum absolute atomic E-state index is 0.267. The Morgan fingerprint density at radius 3 is 2.37 bits per heavy atom. The van der Waals surface area contributed by atoms with Crippen LogP contribution < -0.4 is 4.74 Å². The number of benzene rings is 2. The third kappa shape index (κ3) is 2.56. The summed E-state index contributed by atoms with van der Waals surface area (Å²) in [6, 6.07) is 14.7. The summed E-state index contributed by atoms with van der Waals surface area (Å²) in [7, 11) is 0. The number of hydrogen-bond acceptors (Lipinski definition) is 3. The Bertz CT molecular complexity index is 706. The van der Waals surface area contributed by atoms with E-state index in [0.717, 1.165) is 5.56 Å². The van der Waals surface area contributed by atoms with Crippen LogP contribution in [-0.4, -0.2) is 0 Å². The topological polar surface area (TPSA) is 56.8 Å². The first-order chi connectivity index (χ1) is 9.15. The van der Waals surface area contributed by atoms with E-state index in [1.54, 1.807) is 18.2 Å². The fraction of sp³-hybridized carbons (Fsp3) is 0.125. The summed E-state index contributed by atoms with van der Waals surface area (Å²) in [5.41, 5.74) is 2.89. The predicted molar refractivity (Wildman–Crippen MR) is 71.9 cm³/mol. The monoisotopic (exact) mass is 248 g/mol. The summed E-state index contributed by atoms with van der Waals surface area (Å²) in [6.07, 6.45) is 0. The van der Waals surface area contributed by atoms with E-state index in [9.17, 15) is 0 Å².